The Balaban J connectivity index is 0.00000240. The molecule has 1 aromatic heterocycles. The predicted octanol–water partition coefficient (Wildman–Crippen LogP) is 3.63. The monoisotopic (exact) mass is 526 g/mol. The molecule has 0 amide bonds. The van der Waals surface area contributed by atoms with Crippen molar-refractivity contribution < 1.29 is 0 Å². The van der Waals surface area contributed by atoms with Crippen molar-refractivity contribution in [3.8, 4) is 0 Å². The summed E-state index contributed by atoms with van der Waals surface area (Å²) in [4.78, 5) is 16.0. The second-order valence-corrected chi connectivity index (χ2v) is 8.67. The number of aromatic nitrogens is 1. The fraction of sp³-hybridized carbons (Fsp3) is 0.524. The Morgan fingerprint density at radius 2 is 1.76 bits per heavy atom. The molecule has 0 radical (unpaired) electrons. The Hall–Kier alpha value is -1.55. The minimum atomic E-state index is 0. The van der Waals surface area contributed by atoms with Crippen molar-refractivity contribution in [1.82, 2.24) is 9.88 Å². The molecule has 0 aliphatic carbocycles. The van der Waals surface area contributed by atoms with E-state index in [0.29, 0.717) is 12.5 Å². The van der Waals surface area contributed by atoms with Crippen LogP contribution in [0.5, 0.6) is 0 Å². The van der Waals surface area contributed by atoms with Crippen molar-refractivity contribution in [2.24, 2.45) is 16.6 Å². The normalized spacial score (nSPS) is 18.7. The van der Waals surface area contributed by atoms with Gasteiger partial charge in [-0.15, -0.1) is 35.3 Å². The largest absolute Gasteiger partial charge is 0.372 e. The Morgan fingerprint density at radius 1 is 1.07 bits per heavy atom. The Morgan fingerprint density at radius 3 is 2.38 bits per heavy atom. The number of piperidine rings is 1. The second kappa shape index (κ2) is 10.5. The van der Waals surface area contributed by atoms with Crippen LogP contribution in [0.4, 0.5) is 10.8 Å². The summed E-state index contributed by atoms with van der Waals surface area (Å²) in [7, 11) is 0. The van der Waals surface area contributed by atoms with Gasteiger partial charge in [0, 0.05) is 56.5 Å². The fourth-order valence-electron chi connectivity index (χ4n) is 3.85. The van der Waals surface area contributed by atoms with Crippen LogP contribution < -0.4 is 15.5 Å². The zero-order chi connectivity index (χ0) is 19.3. The van der Waals surface area contributed by atoms with Crippen LogP contribution in [0.1, 0.15) is 25.3 Å². The van der Waals surface area contributed by atoms with E-state index >= 15 is 0 Å². The number of aliphatic imine (C=N–C) groups is 1. The van der Waals surface area contributed by atoms with Gasteiger partial charge in [0.1, 0.15) is 0 Å². The first-order valence-electron chi connectivity index (χ1n) is 10.2. The topological polar surface area (TPSA) is 61.0 Å². The Kier molecular flexibility index (Phi) is 7.99. The number of guanidine groups is 1. The highest BCUT2D eigenvalue weighted by molar-refractivity contribution is 14.0. The van der Waals surface area contributed by atoms with Crippen LogP contribution in [0.3, 0.4) is 0 Å². The van der Waals surface area contributed by atoms with Gasteiger partial charge in [0.25, 0.3) is 0 Å². The SMILES string of the molecule is CC1CCN(c2ccc(CN=C(N)N3CCN(c4nccs4)CC3)cc2)CC1.I. The van der Waals surface area contributed by atoms with Crippen LogP contribution in [0.2, 0.25) is 0 Å². The van der Waals surface area contributed by atoms with Crippen molar-refractivity contribution in [3.05, 3.63) is 41.4 Å². The molecule has 2 fully saturated rings. The molecule has 2 aromatic rings. The first-order chi connectivity index (χ1) is 13.7. The van der Waals surface area contributed by atoms with Crippen LogP contribution in [0.15, 0.2) is 40.8 Å². The van der Waals surface area contributed by atoms with E-state index < -0.39 is 0 Å². The van der Waals surface area contributed by atoms with Crippen LogP contribution in [-0.2, 0) is 6.54 Å². The van der Waals surface area contributed by atoms with E-state index in [0.717, 1.165) is 37.2 Å². The molecule has 29 heavy (non-hydrogen) atoms. The zero-order valence-corrected chi connectivity index (χ0v) is 20.2. The number of hydrogen-bond acceptors (Lipinski definition) is 5. The van der Waals surface area contributed by atoms with Crippen molar-refractivity contribution >= 4 is 52.1 Å². The van der Waals surface area contributed by atoms with Crippen molar-refractivity contribution in [1.29, 1.82) is 0 Å². The number of nitrogens with zero attached hydrogens (tertiary/aromatic N) is 5. The van der Waals surface area contributed by atoms with Crippen molar-refractivity contribution in [3.63, 3.8) is 0 Å². The average Bonchev–Trinajstić information content (AvgIpc) is 3.28. The number of hydrogen-bond donors (Lipinski definition) is 1. The first kappa shape index (κ1) is 22.1. The first-order valence-corrected chi connectivity index (χ1v) is 11.1. The summed E-state index contributed by atoms with van der Waals surface area (Å²) in [6.45, 7) is 8.97. The Bertz CT molecular complexity index is 763. The summed E-state index contributed by atoms with van der Waals surface area (Å²) < 4.78 is 0. The van der Waals surface area contributed by atoms with Gasteiger partial charge < -0.3 is 20.4 Å². The molecular formula is C21H31IN6S. The van der Waals surface area contributed by atoms with Gasteiger partial charge in [-0.05, 0) is 36.5 Å². The molecule has 6 nitrogen and oxygen atoms in total. The maximum Gasteiger partial charge on any atom is 0.191 e. The molecule has 2 saturated heterocycles. The lowest BCUT2D eigenvalue weighted by Crippen LogP contribution is -2.51. The molecule has 0 atom stereocenters. The third kappa shape index (κ3) is 5.75. The molecule has 3 heterocycles. The lowest BCUT2D eigenvalue weighted by atomic mass is 9.99. The summed E-state index contributed by atoms with van der Waals surface area (Å²) in [6, 6.07) is 8.82. The number of thiazole rings is 1. The summed E-state index contributed by atoms with van der Waals surface area (Å²) in [5, 5.41) is 3.12. The maximum absolute atomic E-state index is 6.26. The summed E-state index contributed by atoms with van der Waals surface area (Å²) in [6.07, 6.45) is 4.44. The van der Waals surface area contributed by atoms with Gasteiger partial charge in [0.2, 0.25) is 0 Å². The Labute approximate surface area is 194 Å². The molecule has 0 saturated carbocycles. The van der Waals surface area contributed by atoms with E-state index in [-0.39, 0.29) is 24.0 Å². The number of piperazine rings is 1. The number of halogens is 1. The molecular weight excluding hydrogens is 495 g/mol. The quantitative estimate of drug-likeness (QED) is 0.375. The standard InChI is InChI=1S/C21H30N6S.HI/c1-17-6-9-25(10-7-17)19-4-2-18(3-5-19)16-24-20(22)26-11-13-27(14-12-26)21-23-8-15-28-21;/h2-5,8,15,17H,6-7,9-14,16H2,1H3,(H2,22,24);1H. The predicted molar refractivity (Wildman–Crippen MR) is 134 cm³/mol. The van der Waals surface area contributed by atoms with Crippen molar-refractivity contribution in [2.45, 2.75) is 26.3 Å². The number of nitrogens with two attached hydrogens (primary N) is 1. The molecule has 8 heteroatoms. The van der Waals surface area contributed by atoms with Gasteiger partial charge in [0.05, 0.1) is 6.54 Å². The molecule has 2 aliphatic heterocycles. The zero-order valence-electron chi connectivity index (χ0n) is 17.0. The molecule has 0 spiro atoms. The number of benzene rings is 1. The van der Waals surface area contributed by atoms with Crippen LogP contribution in [0, 0.1) is 5.92 Å². The smallest absolute Gasteiger partial charge is 0.191 e. The lowest BCUT2D eigenvalue weighted by Gasteiger charge is -2.35. The minimum absolute atomic E-state index is 0. The van der Waals surface area contributed by atoms with E-state index in [9.17, 15) is 0 Å². The lowest BCUT2D eigenvalue weighted by molar-refractivity contribution is 0.380. The van der Waals surface area contributed by atoms with Gasteiger partial charge in [-0.2, -0.15) is 0 Å². The summed E-state index contributed by atoms with van der Waals surface area (Å²) >= 11 is 1.69. The highest BCUT2D eigenvalue weighted by Crippen LogP contribution is 2.23. The average molecular weight is 526 g/mol. The molecule has 2 aliphatic rings. The number of anilines is 2. The molecule has 4 rings (SSSR count). The van der Waals surface area contributed by atoms with E-state index in [2.05, 4.69) is 55.9 Å². The molecule has 158 valence electrons. The molecule has 0 bridgehead atoms. The van der Waals surface area contributed by atoms with Crippen LogP contribution in [-0.4, -0.2) is 55.1 Å². The highest BCUT2D eigenvalue weighted by atomic mass is 127. The van der Waals surface area contributed by atoms with E-state index in [1.807, 2.05) is 11.6 Å². The van der Waals surface area contributed by atoms with E-state index in [4.69, 9.17) is 5.73 Å². The van der Waals surface area contributed by atoms with Gasteiger partial charge in [-0.25, -0.2) is 9.98 Å². The fourth-order valence-corrected chi connectivity index (χ4v) is 4.55. The molecule has 1 aromatic carbocycles. The summed E-state index contributed by atoms with van der Waals surface area (Å²) in [5.74, 6) is 1.50. The third-order valence-electron chi connectivity index (χ3n) is 5.80. The van der Waals surface area contributed by atoms with Gasteiger partial charge in [-0.3, -0.25) is 0 Å². The maximum atomic E-state index is 6.26. The van der Waals surface area contributed by atoms with Crippen molar-refractivity contribution in [2.75, 3.05) is 49.1 Å². The number of rotatable bonds is 4. The molecule has 0 unspecified atom stereocenters. The van der Waals surface area contributed by atoms with Gasteiger partial charge >= 0.3 is 0 Å². The third-order valence-corrected chi connectivity index (χ3v) is 6.63. The van der Waals surface area contributed by atoms with Gasteiger partial charge in [0.15, 0.2) is 11.1 Å². The minimum Gasteiger partial charge on any atom is -0.372 e. The van der Waals surface area contributed by atoms with Gasteiger partial charge in [-0.1, -0.05) is 19.1 Å². The molecule has 2 N–H and O–H groups in total. The highest BCUT2D eigenvalue weighted by Gasteiger charge is 2.20. The second-order valence-electron chi connectivity index (χ2n) is 7.80. The van der Waals surface area contributed by atoms with Crippen LogP contribution in [0.25, 0.3) is 0 Å². The summed E-state index contributed by atoms with van der Waals surface area (Å²) in [5.41, 5.74) is 8.79. The van der Waals surface area contributed by atoms with Crippen LogP contribution >= 0.6 is 35.3 Å². The van der Waals surface area contributed by atoms with E-state index in [1.54, 1.807) is 11.3 Å². The van der Waals surface area contributed by atoms with E-state index in [1.165, 1.54) is 37.2 Å².